The predicted molar refractivity (Wildman–Crippen MR) is 80.2 cm³/mol. The van der Waals surface area contributed by atoms with Crippen LogP contribution >= 0.6 is 0 Å². The zero-order valence-electron chi connectivity index (χ0n) is 13.7. The first-order valence-corrected chi connectivity index (χ1v) is 7.92. The zero-order chi connectivity index (χ0) is 17.9. The first kappa shape index (κ1) is 18.3. The number of aryl methyl sites for hydroxylation is 1. The molecule has 1 atom stereocenters. The summed E-state index contributed by atoms with van der Waals surface area (Å²) in [6.07, 6.45) is -2.34. The van der Waals surface area contributed by atoms with Crippen molar-refractivity contribution in [2.24, 2.45) is 7.05 Å². The second kappa shape index (κ2) is 7.23. The average Bonchev–Trinajstić information content (AvgIpc) is 2.82. The van der Waals surface area contributed by atoms with Crippen LogP contribution in [0.2, 0.25) is 0 Å². The molecule has 1 unspecified atom stereocenters. The Kier molecular flexibility index (Phi) is 5.51. The van der Waals surface area contributed by atoms with Gasteiger partial charge in [0.15, 0.2) is 5.69 Å². The number of hydrogen-bond acceptors (Lipinski definition) is 3. The van der Waals surface area contributed by atoms with Crippen molar-refractivity contribution >= 4 is 11.8 Å². The molecule has 24 heavy (non-hydrogen) atoms. The minimum absolute atomic E-state index is 0.0495. The lowest BCUT2D eigenvalue weighted by Crippen LogP contribution is -2.37. The van der Waals surface area contributed by atoms with Crippen LogP contribution in [-0.4, -0.2) is 45.6 Å². The van der Waals surface area contributed by atoms with Gasteiger partial charge in [-0.1, -0.05) is 6.92 Å². The molecule has 134 valence electrons. The number of nitrogens with zero attached hydrogens (tertiary/aromatic N) is 3. The van der Waals surface area contributed by atoms with Gasteiger partial charge in [-0.25, -0.2) is 0 Å². The highest BCUT2D eigenvalue weighted by molar-refractivity contribution is 5.93. The van der Waals surface area contributed by atoms with Crippen LogP contribution in [0.4, 0.5) is 13.2 Å². The van der Waals surface area contributed by atoms with Crippen molar-refractivity contribution in [2.75, 3.05) is 13.1 Å². The Hall–Kier alpha value is -2.06. The minimum Gasteiger partial charge on any atom is -0.348 e. The SMILES string of the molecule is CCCN1CCC(NC(=O)c2cc(C(F)(F)F)nn2C)CCC1=O. The van der Waals surface area contributed by atoms with E-state index in [1.54, 1.807) is 4.90 Å². The first-order chi connectivity index (χ1) is 11.2. The van der Waals surface area contributed by atoms with Gasteiger partial charge in [-0.3, -0.25) is 14.3 Å². The Bertz CT molecular complexity index is 612. The van der Waals surface area contributed by atoms with Crippen LogP contribution in [-0.2, 0) is 18.0 Å². The van der Waals surface area contributed by atoms with Crippen molar-refractivity contribution in [3.05, 3.63) is 17.5 Å². The van der Waals surface area contributed by atoms with Gasteiger partial charge in [0, 0.05) is 38.7 Å². The normalized spacial score (nSPS) is 19.3. The lowest BCUT2D eigenvalue weighted by atomic mass is 10.1. The van der Waals surface area contributed by atoms with E-state index in [4.69, 9.17) is 0 Å². The molecule has 1 aliphatic heterocycles. The van der Waals surface area contributed by atoms with Gasteiger partial charge in [-0.15, -0.1) is 0 Å². The van der Waals surface area contributed by atoms with Crippen LogP contribution in [0.25, 0.3) is 0 Å². The topological polar surface area (TPSA) is 67.2 Å². The molecule has 1 aromatic rings. The van der Waals surface area contributed by atoms with Crippen LogP contribution in [0.15, 0.2) is 6.07 Å². The largest absolute Gasteiger partial charge is 0.435 e. The molecule has 0 saturated carbocycles. The van der Waals surface area contributed by atoms with Gasteiger partial charge in [0.2, 0.25) is 5.91 Å². The van der Waals surface area contributed by atoms with Crippen molar-refractivity contribution < 1.29 is 22.8 Å². The molecule has 0 spiro atoms. The number of halogens is 3. The van der Waals surface area contributed by atoms with Crippen molar-refractivity contribution in [1.29, 1.82) is 0 Å². The van der Waals surface area contributed by atoms with Crippen LogP contribution in [0.5, 0.6) is 0 Å². The summed E-state index contributed by atoms with van der Waals surface area (Å²) in [4.78, 5) is 25.9. The molecule has 0 aromatic carbocycles. The summed E-state index contributed by atoms with van der Waals surface area (Å²) in [5, 5.41) is 6.05. The molecule has 1 saturated heterocycles. The van der Waals surface area contributed by atoms with E-state index in [1.165, 1.54) is 7.05 Å². The first-order valence-electron chi connectivity index (χ1n) is 7.92. The summed E-state index contributed by atoms with van der Waals surface area (Å²) in [6, 6.07) is 0.494. The third kappa shape index (κ3) is 4.27. The van der Waals surface area contributed by atoms with E-state index in [-0.39, 0.29) is 17.6 Å². The molecule has 1 fully saturated rings. The second-order valence-electron chi connectivity index (χ2n) is 5.91. The number of hydrogen-bond donors (Lipinski definition) is 1. The monoisotopic (exact) mass is 346 g/mol. The molecule has 2 heterocycles. The number of carbonyl (C=O) groups is 2. The van der Waals surface area contributed by atoms with Gasteiger partial charge < -0.3 is 10.2 Å². The molecule has 0 aliphatic carbocycles. The Morgan fingerprint density at radius 2 is 2.12 bits per heavy atom. The molecule has 0 radical (unpaired) electrons. The maximum Gasteiger partial charge on any atom is 0.435 e. The standard InChI is InChI=1S/C15H21F3N4O2/c1-3-7-22-8-6-10(4-5-13(22)23)19-14(24)11-9-12(15(16,17)18)20-21(11)2/h9-10H,3-8H2,1-2H3,(H,19,24). The maximum absolute atomic E-state index is 12.7. The number of aromatic nitrogens is 2. The third-order valence-corrected chi connectivity index (χ3v) is 4.04. The predicted octanol–water partition coefficient (Wildman–Crippen LogP) is 1.96. The van der Waals surface area contributed by atoms with Crippen LogP contribution in [0.3, 0.4) is 0 Å². The van der Waals surface area contributed by atoms with Crippen molar-refractivity contribution in [3.8, 4) is 0 Å². The average molecular weight is 346 g/mol. The Morgan fingerprint density at radius 3 is 2.71 bits per heavy atom. The number of rotatable bonds is 4. The molecule has 9 heteroatoms. The lowest BCUT2D eigenvalue weighted by Gasteiger charge is -2.20. The molecule has 1 aliphatic rings. The van der Waals surface area contributed by atoms with Gasteiger partial charge in [0.25, 0.3) is 5.91 Å². The summed E-state index contributed by atoms with van der Waals surface area (Å²) >= 11 is 0. The summed E-state index contributed by atoms with van der Waals surface area (Å²) in [7, 11) is 1.30. The molecule has 1 N–H and O–H groups in total. The Balaban J connectivity index is 2.02. The Labute approximate surface area is 138 Å². The van der Waals surface area contributed by atoms with E-state index in [1.807, 2.05) is 6.92 Å². The minimum atomic E-state index is -4.59. The quantitative estimate of drug-likeness (QED) is 0.906. The lowest BCUT2D eigenvalue weighted by molar-refractivity contribution is -0.141. The number of carbonyl (C=O) groups excluding carboxylic acids is 2. The van der Waals surface area contributed by atoms with E-state index in [0.717, 1.165) is 17.2 Å². The number of nitrogens with one attached hydrogen (secondary N) is 1. The number of likely N-dealkylation sites (tertiary alicyclic amines) is 1. The third-order valence-electron chi connectivity index (χ3n) is 4.04. The van der Waals surface area contributed by atoms with E-state index in [0.29, 0.717) is 32.4 Å². The fraction of sp³-hybridized carbons (Fsp3) is 0.667. The number of alkyl halides is 3. The molecule has 2 rings (SSSR count). The van der Waals surface area contributed by atoms with Crippen LogP contribution < -0.4 is 5.32 Å². The van der Waals surface area contributed by atoms with Gasteiger partial charge in [0.05, 0.1) is 0 Å². The van der Waals surface area contributed by atoms with E-state index >= 15 is 0 Å². The zero-order valence-corrected chi connectivity index (χ0v) is 13.7. The number of amides is 2. The maximum atomic E-state index is 12.7. The highest BCUT2D eigenvalue weighted by Gasteiger charge is 2.35. The summed E-state index contributed by atoms with van der Waals surface area (Å²) in [6.45, 7) is 3.20. The Morgan fingerprint density at radius 1 is 1.42 bits per heavy atom. The molecule has 1 aromatic heterocycles. The molecule has 6 nitrogen and oxygen atoms in total. The molecular weight excluding hydrogens is 325 g/mol. The van der Waals surface area contributed by atoms with Crippen molar-refractivity contribution in [2.45, 2.75) is 44.8 Å². The summed E-state index contributed by atoms with van der Waals surface area (Å²) in [5.41, 5.74) is -1.25. The van der Waals surface area contributed by atoms with E-state index in [9.17, 15) is 22.8 Å². The van der Waals surface area contributed by atoms with Gasteiger partial charge >= 0.3 is 6.18 Å². The summed E-state index contributed by atoms with van der Waals surface area (Å²) < 4.78 is 38.9. The highest BCUT2D eigenvalue weighted by atomic mass is 19.4. The second-order valence-corrected chi connectivity index (χ2v) is 5.91. The smallest absolute Gasteiger partial charge is 0.348 e. The van der Waals surface area contributed by atoms with Crippen LogP contribution in [0, 0.1) is 0 Å². The fourth-order valence-corrected chi connectivity index (χ4v) is 2.76. The summed E-state index contributed by atoms with van der Waals surface area (Å²) in [5.74, 6) is -0.560. The van der Waals surface area contributed by atoms with Crippen LogP contribution in [0.1, 0.15) is 48.8 Å². The molecule has 2 amide bonds. The highest BCUT2D eigenvalue weighted by Crippen LogP contribution is 2.28. The van der Waals surface area contributed by atoms with Gasteiger partial charge in [-0.05, 0) is 19.3 Å². The fourth-order valence-electron chi connectivity index (χ4n) is 2.76. The van der Waals surface area contributed by atoms with Gasteiger partial charge in [0.1, 0.15) is 5.69 Å². The van der Waals surface area contributed by atoms with Crippen molar-refractivity contribution in [3.63, 3.8) is 0 Å². The van der Waals surface area contributed by atoms with Crippen molar-refractivity contribution in [1.82, 2.24) is 20.0 Å². The van der Waals surface area contributed by atoms with E-state index < -0.39 is 17.8 Å². The molecular formula is C15H21F3N4O2. The van der Waals surface area contributed by atoms with Gasteiger partial charge in [-0.2, -0.15) is 18.3 Å². The molecule has 0 bridgehead atoms. The van der Waals surface area contributed by atoms with E-state index in [2.05, 4.69) is 10.4 Å².